The van der Waals surface area contributed by atoms with Gasteiger partial charge in [-0.3, -0.25) is 9.69 Å². The number of hydrogen-bond acceptors (Lipinski definition) is 3. The number of thioether (sulfide) groups is 1. The van der Waals surface area contributed by atoms with Crippen molar-refractivity contribution in [1.29, 1.82) is 0 Å². The lowest BCUT2D eigenvalue weighted by molar-refractivity contribution is 0.0951. The molecule has 3 aromatic carbocycles. The van der Waals surface area contributed by atoms with E-state index in [0.717, 1.165) is 16.1 Å². The molecule has 0 aliphatic carbocycles. The van der Waals surface area contributed by atoms with Gasteiger partial charge in [0.2, 0.25) is 0 Å². The first-order valence-corrected chi connectivity index (χ1v) is 10.8. The molecule has 0 saturated heterocycles. The Kier molecular flexibility index (Phi) is 6.23. The molecule has 31 heavy (non-hydrogen) atoms. The molecular formula is C24H22FN3O2S. The van der Waals surface area contributed by atoms with E-state index >= 15 is 0 Å². The van der Waals surface area contributed by atoms with E-state index in [-0.39, 0.29) is 17.8 Å². The van der Waals surface area contributed by atoms with E-state index in [2.05, 4.69) is 17.6 Å². The van der Waals surface area contributed by atoms with Crippen LogP contribution in [-0.4, -0.2) is 23.7 Å². The fraction of sp³-hybridized carbons (Fsp3) is 0.167. The molecule has 4 rings (SSSR count). The van der Waals surface area contributed by atoms with Crippen LogP contribution in [0.25, 0.3) is 0 Å². The number of carbonyl (C=O) groups is 2. The Balaban J connectivity index is 1.38. The van der Waals surface area contributed by atoms with E-state index in [9.17, 15) is 14.0 Å². The van der Waals surface area contributed by atoms with Gasteiger partial charge in [0.05, 0.1) is 5.69 Å². The Hall–Kier alpha value is -3.32. The number of amides is 3. The van der Waals surface area contributed by atoms with Gasteiger partial charge in [-0.1, -0.05) is 31.2 Å². The van der Waals surface area contributed by atoms with Gasteiger partial charge in [-0.2, -0.15) is 0 Å². The molecule has 158 valence electrons. The smallest absolute Gasteiger partial charge is 0.326 e. The molecule has 0 unspecified atom stereocenters. The third kappa shape index (κ3) is 5.06. The van der Waals surface area contributed by atoms with Crippen LogP contribution < -0.4 is 15.5 Å². The molecule has 0 radical (unpaired) electrons. The summed E-state index contributed by atoms with van der Waals surface area (Å²) in [7, 11) is 0. The molecule has 7 heteroatoms. The van der Waals surface area contributed by atoms with E-state index in [1.54, 1.807) is 53.1 Å². The maximum absolute atomic E-state index is 13.0. The Bertz CT molecular complexity index is 1090. The topological polar surface area (TPSA) is 61.4 Å². The highest BCUT2D eigenvalue weighted by molar-refractivity contribution is 8.00. The van der Waals surface area contributed by atoms with Crippen LogP contribution in [0.2, 0.25) is 0 Å². The molecule has 1 atom stereocenters. The Morgan fingerprint density at radius 2 is 1.74 bits per heavy atom. The quantitative estimate of drug-likeness (QED) is 0.586. The van der Waals surface area contributed by atoms with Gasteiger partial charge >= 0.3 is 6.03 Å². The summed E-state index contributed by atoms with van der Waals surface area (Å²) in [4.78, 5) is 28.1. The van der Waals surface area contributed by atoms with Crippen molar-refractivity contribution in [3.8, 4) is 0 Å². The van der Waals surface area contributed by atoms with Crippen molar-refractivity contribution in [3.05, 3.63) is 89.7 Å². The van der Waals surface area contributed by atoms with Crippen LogP contribution in [0, 0.1) is 5.82 Å². The molecule has 3 amide bonds. The van der Waals surface area contributed by atoms with E-state index < -0.39 is 0 Å². The largest absolute Gasteiger partial charge is 0.348 e. The van der Waals surface area contributed by atoms with Gasteiger partial charge in [0.25, 0.3) is 5.91 Å². The summed E-state index contributed by atoms with van der Waals surface area (Å²) in [5, 5.41) is 6.01. The van der Waals surface area contributed by atoms with Crippen molar-refractivity contribution < 1.29 is 14.0 Å². The summed E-state index contributed by atoms with van der Waals surface area (Å²) in [5.74, 6) is -0.549. The molecule has 1 aliphatic rings. The zero-order chi connectivity index (χ0) is 21.8. The normalized spacial score (nSPS) is 15.2. The highest BCUT2D eigenvalue weighted by Crippen LogP contribution is 2.38. The second-order valence-electron chi connectivity index (χ2n) is 7.32. The minimum atomic E-state index is -0.311. The van der Waals surface area contributed by atoms with E-state index in [4.69, 9.17) is 0 Å². The summed E-state index contributed by atoms with van der Waals surface area (Å²) in [6.07, 6.45) is 0. The van der Waals surface area contributed by atoms with Crippen LogP contribution in [0.15, 0.2) is 77.7 Å². The summed E-state index contributed by atoms with van der Waals surface area (Å²) in [6.45, 7) is 3.03. The number of rotatable bonds is 4. The zero-order valence-electron chi connectivity index (χ0n) is 17.0. The lowest BCUT2D eigenvalue weighted by Crippen LogP contribution is -2.41. The van der Waals surface area contributed by atoms with Crippen LogP contribution in [-0.2, 0) is 6.54 Å². The fourth-order valence-corrected chi connectivity index (χ4v) is 4.48. The zero-order valence-corrected chi connectivity index (χ0v) is 17.8. The van der Waals surface area contributed by atoms with Crippen molar-refractivity contribution in [2.75, 3.05) is 16.8 Å². The summed E-state index contributed by atoms with van der Waals surface area (Å²) >= 11 is 1.76. The molecule has 1 aliphatic heterocycles. The third-order valence-corrected chi connectivity index (χ3v) is 6.08. The van der Waals surface area contributed by atoms with Crippen molar-refractivity contribution in [2.24, 2.45) is 0 Å². The van der Waals surface area contributed by atoms with Gasteiger partial charge in [-0.15, -0.1) is 11.8 Å². The lowest BCUT2D eigenvalue weighted by atomic mass is 10.1. The van der Waals surface area contributed by atoms with Crippen LogP contribution in [0.3, 0.4) is 0 Å². The molecule has 5 nitrogen and oxygen atoms in total. The van der Waals surface area contributed by atoms with Crippen molar-refractivity contribution >= 4 is 35.1 Å². The first-order chi connectivity index (χ1) is 15.0. The molecule has 3 aromatic rings. The summed E-state index contributed by atoms with van der Waals surface area (Å²) < 4.78 is 13.0. The number of anilines is 2. The summed E-state index contributed by atoms with van der Waals surface area (Å²) in [6, 6.07) is 20.4. The number of para-hydroxylation sites is 1. The van der Waals surface area contributed by atoms with Gasteiger partial charge < -0.3 is 10.6 Å². The standard InChI is InChI=1S/C24H22FN3O2S/c1-16-15-28(21-4-2-3-5-22(21)31-16)24(30)27-20-12-8-18(9-13-20)23(29)26-14-17-6-10-19(25)11-7-17/h2-13,16H,14-15H2,1H3,(H,26,29)(H,27,30)/t16-/m0/s1. The Labute approximate surface area is 184 Å². The van der Waals surface area contributed by atoms with Crippen molar-refractivity contribution in [2.45, 2.75) is 23.6 Å². The number of nitrogens with one attached hydrogen (secondary N) is 2. The minimum Gasteiger partial charge on any atom is -0.348 e. The first kappa shape index (κ1) is 20.9. The number of hydrogen-bond donors (Lipinski definition) is 2. The van der Waals surface area contributed by atoms with Gasteiger partial charge in [-0.05, 0) is 54.1 Å². The highest BCUT2D eigenvalue weighted by Gasteiger charge is 2.26. The van der Waals surface area contributed by atoms with Crippen LogP contribution >= 0.6 is 11.8 Å². The molecular weight excluding hydrogens is 413 g/mol. The van der Waals surface area contributed by atoms with Crippen molar-refractivity contribution in [3.63, 3.8) is 0 Å². The van der Waals surface area contributed by atoms with Crippen molar-refractivity contribution in [1.82, 2.24) is 5.32 Å². The van der Waals surface area contributed by atoms with Crippen LogP contribution in [0.1, 0.15) is 22.8 Å². The van der Waals surface area contributed by atoms with E-state index in [1.807, 2.05) is 24.3 Å². The predicted octanol–water partition coefficient (Wildman–Crippen LogP) is 5.29. The maximum atomic E-state index is 13.0. The van der Waals surface area contributed by atoms with Gasteiger partial charge in [0, 0.05) is 34.5 Å². The maximum Gasteiger partial charge on any atom is 0.326 e. The number of fused-ring (bicyclic) bond motifs is 1. The summed E-state index contributed by atoms with van der Waals surface area (Å²) in [5.41, 5.74) is 2.81. The highest BCUT2D eigenvalue weighted by atomic mass is 32.2. The molecule has 1 heterocycles. The minimum absolute atomic E-state index is 0.201. The Morgan fingerprint density at radius 1 is 1.03 bits per heavy atom. The second-order valence-corrected chi connectivity index (χ2v) is 8.80. The third-order valence-electron chi connectivity index (χ3n) is 4.93. The molecule has 0 saturated carbocycles. The predicted molar refractivity (Wildman–Crippen MR) is 122 cm³/mol. The molecule has 0 bridgehead atoms. The number of benzene rings is 3. The average Bonchev–Trinajstić information content (AvgIpc) is 2.78. The molecule has 2 N–H and O–H groups in total. The number of nitrogens with zero attached hydrogens (tertiary/aromatic N) is 1. The number of urea groups is 1. The van der Waals surface area contributed by atoms with Crippen LogP contribution in [0.4, 0.5) is 20.6 Å². The second kappa shape index (κ2) is 9.22. The van der Waals surface area contributed by atoms with Gasteiger partial charge in [-0.25, -0.2) is 9.18 Å². The lowest BCUT2D eigenvalue weighted by Gasteiger charge is -2.32. The average molecular weight is 436 g/mol. The molecule has 0 aromatic heterocycles. The first-order valence-electron chi connectivity index (χ1n) is 9.96. The fourth-order valence-electron chi connectivity index (χ4n) is 3.36. The number of halogens is 1. The number of carbonyl (C=O) groups excluding carboxylic acids is 2. The Morgan fingerprint density at radius 3 is 2.48 bits per heavy atom. The van der Waals surface area contributed by atoms with Crippen LogP contribution in [0.5, 0.6) is 0 Å². The van der Waals surface area contributed by atoms with Gasteiger partial charge in [0.1, 0.15) is 5.82 Å². The monoisotopic (exact) mass is 435 g/mol. The SMILES string of the molecule is C[C@H]1CN(C(=O)Nc2ccc(C(=O)NCc3ccc(F)cc3)cc2)c2ccccc2S1. The molecule has 0 fully saturated rings. The van der Waals surface area contributed by atoms with E-state index in [1.165, 1.54) is 12.1 Å². The molecule has 0 spiro atoms. The van der Waals surface area contributed by atoms with E-state index in [0.29, 0.717) is 29.6 Å². The van der Waals surface area contributed by atoms with Gasteiger partial charge in [0.15, 0.2) is 0 Å².